The van der Waals surface area contributed by atoms with Gasteiger partial charge in [0.05, 0.1) is 6.61 Å². The molecular weight excluding hydrogens is 504 g/mol. The number of carbonyl (C=O) groups is 3. The SMILES string of the molecule is CCCN1C(=O)[C@H](CCCCNC(=O)COCc2ccccc2)NC(=O)C12CCN(CCc1ccccc1)CC2. The van der Waals surface area contributed by atoms with Crippen molar-refractivity contribution in [1.82, 2.24) is 20.4 Å². The number of unbranched alkanes of at least 4 members (excludes halogenated alkanes) is 1. The molecule has 2 aliphatic heterocycles. The van der Waals surface area contributed by atoms with E-state index in [0.29, 0.717) is 39.0 Å². The highest BCUT2D eigenvalue weighted by atomic mass is 16.5. The molecule has 2 aromatic carbocycles. The number of likely N-dealkylation sites (tertiary alicyclic amines) is 1. The number of rotatable bonds is 14. The van der Waals surface area contributed by atoms with Crippen LogP contribution in [0.5, 0.6) is 0 Å². The number of carbonyl (C=O) groups excluding carboxylic acids is 3. The van der Waals surface area contributed by atoms with Crippen LogP contribution in [0.1, 0.15) is 56.6 Å². The number of benzene rings is 2. The molecule has 0 saturated carbocycles. The van der Waals surface area contributed by atoms with E-state index in [2.05, 4.69) is 46.7 Å². The lowest BCUT2D eigenvalue weighted by atomic mass is 9.81. The van der Waals surface area contributed by atoms with E-state index in [-0.39, 0.29) is 24.3 Å². The number of ether oxygens (including phenoxy) is 1. The molecule has 3 amide bonds. The van der Waals surface area contributed by atoms with Gasteiger partial charge in [0.15, 0.2) is 0 Å². The first-order valence-electron chi connectivity index (χ1n) is 14.8. The van der Waals surface area contributed by atoms with Crippen molar-refractivity contribution >= 4 is 17.7 Å². The Kier molecular flexibility index (Phi) is 11.1. The number of amides is 3. The van der Waals surface area contributed by atoms with Crippen molar-refractivity contribution in [2.75, 3.05) is 39.3 Å². The molecular formula is C32H44N4O4. The Labute approximate surface area is 238 Å². The Balaban J connectivity index is 1.18. The molecule has 4 rings (SSSR count). The molecule has 0 aliphatic carbocycles. The summed E-state index contributed by atoms with van der Waals surface area (Å²) in [5, 5.41) is 5.95. The number of hydrogen-bond donors (Lipinski definition) is 2. The van der Waals surface area contributed by atoms with E-state index in [4.69, 9.17) is 4.74 Å². The van der Waals surface area contributed by atoms with Gasteiger partial charge in [-0.25, -0.2) is 0 Å². The van der Waals surface area contributed by atoms with Crippen molar-refractivity contribution in [3.05, 3.63) is 71.8 Å². The van der Waals surface area contributed by atoms with Gasteiger partial charge in [-0.2, -0.15) is 0 Å². The molecule has 2 N–H and O–H groups in total. The first-order chi connectivity index (χ1) is 19.5. The summed E-state index contributed by atoms with van der Waals surface area (Å²) in [6, 6.07) is 19.7. The summed E-state index contributed by atoms with van der Waals surface area (Å²) in [7, 11) is 0. The van der Waals surface area contributed by atoms with Gasteiger partial charge in [-0.15, -0.1) is 0 Å². The zero-order valence-corrected chi connectivity index (χ0v) is 23.8. The highest BCUT2D eigenvalue weighted by Crippen LogP contribution is 2.34. The highest BCUT2D eigenvalue weighted by molar-refractivity contribution is 6.00. The third kappa shape index (κ3) is 7.92. The van der Waals surface area contributed by atoms with Crippen molar-refractivity contribution in [3.63, 3.8) is 0 Å². The lowest BCUT2D eigenvalue weighted by molar-refractivity contribution is -0.161. The standard InChI is InChI=1S/C32H44N4O4/c1-2-20-36-30(38)28(15-9-10-19-33-29(37)25-40-24-27-13-7-4-8-14-27)34-31(39)32(36)17-22-35(23-18-32)21-16-26-11-5-3-6-12-26/h3-8,11-14,28H,2,9-10,15-25H2,1H3,(H,33,37)(H,34,39)/t28-/m0/s1. The number of piperidine rings is 1. The number of piperazine rings is 1. The number of nitrogens with zero attached hydrogens (tertiary/aromatic N) is 2. The van der Waals surface area contributed by atoms with Gasteiger partial charge >= 0.3 is 0 Å². The summed E-state index contributed by atoms with van der Waals surface area (Å²) >= 11 is 0. The fraction of sp³-hybridized carbons (Fsp3) is 0.531. The summed E-state index contributed by atoms with van der Waals surface area (Å²) in [6.07, 6.45) is 5.20. The van der Waals surface area contributed by atoms with E-state index < -0.39 is 11.6 Å². The molecule has 2 fully saturated rings. The molecule has 8 nitrogen and oxygen atoms in total. The predicted octanol–water partition coefficient (Wildman–Crippen LogP) is 3.30. The maximum Gasteiger partial charge on any atom is 0.246 e. The Morgan fingerprint density at radius 1 is 0.975 bits per heavy atom. The molecule has 0 aromatic heterocycles. The van der Waals surface area contributed by atoms with Crippen molar-refractivity contribution < 1.29 is 19.1 Å². The van der Waals surface area contributed by atoms with Crippen LogP contribution >= 0.6 is 0 Å². The van der Waals surface area contributed by atoms with Gasteiger partial charge in [0, 0.05) is 32.7 Å². The van der Waals surface area contributed by atoms with Crippen LogP contribution in [0.4, 0.5) is 0 Å². The van der Waals surface area contributed by atoms with Gasteiger partial charge in [-0.3, -0.25) is 14.4 Å². The summed E-state index contributed by atoms with van der Waals surface area (Å²) < 4.78 is 5.48. The van der Waals surface area contributed by atoms with Crippen molar-refractivity contribution in [2.45, 2.75) is 70.1 Å². The van der Waals surface area contributed by atoms with Crippen LogP contribution in [-0.2, 0) is 32.1 Å². The Morgan fingerprint density at radius 2 is 1.65 bits per heavy atom. The van der Waals surface area contributed by atoms with E-state index in [1.165, 1.54) is 5.56 Å². The Bertz CT molecular complexity index is 1090. The third-order valence-electron chi connectivity index (χ3n) is 8.09. The Morgan fingerprint density at radius 3 is 2.33 bits per heavy atom. The van der Waals surface area contributed by atoms with E-state index in [1.54, 1.807) is 0 Å². The zero-order valence-electron chi connectivity index (χ0n) is 23.8. The lowest BCUT2D eigenvalue weighted by Crippen LogP contribution is -2.72. The summed E-state index contributed by atoms with van der Waals surface area (Å²) in [5.74, 6) is -0.112. The second-order valence-electron chi connectivity index (χ2n) is 10.9. The van der Waals surface area contributed by atoms with E-state index in [1.807, 2.05) is 41.3 Å². The molecule has 2 aromatic rings. The third-order valence-corrected chi connectivity index (χ3v) is 8.09. The lowest BCUT2D eigenvalue weighted by Gasteiger charge is -2.51. The minimum absolute atomic E-state index is 0.00266. The van der Waals surface area contributed by atoms with Crippen LogP contribution in [0, 0.1) is 0 Å². The van der Waals surface area contributed by atoms with Gasteiger partial charge in [0.2, 0.25) is 17.7 Å². The molecule has 2 saturated heterocycles. The van der Waals surface area contributed by atoms with Crippen LogP contribution in [0.2, 0.25) is 0 Å². The second-order valence-corrected chi connectivity index (χ2v) is 10.9. The maximum absolute atomic E-state index is 13.5. The van der Waals surface area contributed by atoms with Crippen LogP contribution in [0.3, 0.4) is 0 Å². The Hall–Kier alpha value is -3.23. The van der Waals surface area contributed by atoms with Crippen molar-refractivity contribution in [2.24, 2.45) is 0 Å². The molecule has 0 unspecified atom stereocenters. The first kappa shape index (κ1) is 29.7. The predicted molar refractivity (Wildman–Crippen MR) is 155 cm³/mol. The zero-order chi connectivity index (χ0) is 28.2. The van der Waals surface area contributed by atoms with Gasteiger partial charge in [-0.05, 0) is 56.1 Å². The van der Waals surface area contributed by atoms with E-state index in [0.717, 1.165) is 50.9 Å². The molecule has 8 heteroatoms. The molecule has 0 radical (unpaired) electrons. The maximum atomic E-state index is 13.5. The van der Waals surface area contributed by atoms with Gasteiger partial charge in [0.25, 0.3) is 0 Å². The van der Waals surface area contributed by atoms with Crippen LogP contribution in [0.25, 0.3) is 0 Å². The van der Waals surface area contributed by atoms with Crippen LogP contribution in [-0.4, -0.2) is 78.4 Å². The fourth-order valence-electron chi connectivity index (χ4n) is 5.78. The van der Waals surface area contributed by atoms with E-state index >= 15 is 0 Å². The highest BCUT2D eigenvalue weighted by Gasteiger charge is 2.52. The van der Waals surface area contributed by atoms with Gasteiger partial charge < -0.3 is 25.2 Å². The minimum atomic E-state index is -0.736. The summed E-state index contributed by atoms with van der Waals surface area (Å²) in [4.78, 5) is 43.4. The topological polar surface area (TPSA) is 91.0 Å². The quantitative estimate of drug-likeness (QED) is 0.354. The molecule has 216 valence electrons. The number of hydrogen-bond acceptors (Lipinski definition) is 5. The normalized spacial score (nSPS) is 19.0. The average molecular weight is 549 g/mol. The monoisotopic (exact) mass is 548 g/mol. The molecule has 2 heterocycles. The second kappa shape index (κ2) is 15.0. The van der Waals surface area contributed by atoms with Gasteiger partial charge in [0.1, 0.15) is 18.2 Å². The van der Waals surface area contributed by atoms with Crippen molar-refractivity contribution in [1.29, 1.82) is 0 Å². The van der Waals surface area contributed by atoms with Crippen molar-refractivity contribution in [3.8, 4) is 0 Å². The van der Waals surface area contributed by atoms with Crippen LogP contribution < -0.4 is 10.6 Å². The molecule has 40 heavy (non-hydrogen) atoms. The van der Waals surface area contributed by atoms with Crippen LogP contribution in [0.15, 0.2) is 60.7 Å². The molecule has 1 spiro atoms. The summed E-state index contributed by atoms with van der Waals surface area (Å²) in [5.41, 5.74) is 1.61. The molecule has 1 atom stereocenters. The van der Waals surface area contributed by atoms with E-state index in [9.17, 15) is 14.4 Å². The number of nitrogens with one attached hydrogen (secondary N) is 2. The minimum Gasteiger partial charge on any atom is -0.367 e. The van der Waals surface area contributed by atoms with Gasteiger partial charge in [-0.1, -0.05) is 67.6 Å². The molecule has 0 bridgehead atoms. The fourth-order valence-corrected chi connectivity index (χ4v) is 5.78. The smallest absolute Gasteiger partial charge is 0.246 e. The molecule has 2 aliphatic rings. The average Bonchev–Trinajstić information content (AvgIpc) is 2.98. The largest absolute Gasteiger partial charge is 0.367 e. The summed E-state index contributed by atoms with van der Waals surface area (Å²) in [6.45, 7) is 6.19. The first-order valence-corrected chi connectivity index (χ1v) is 14.8.